The number of fused-ring (bicyclic) bond motifs is 1. The fourth-order valence-electron chi connectivity index (χ4n) is 5.31. The number of hydrogen-bond donors (Lipinski definition) is 0. The lowest BCUT2D eigenvalue weighted by atomic mass is 9.88. The van der Waals surface area contributed by atoms with E-state index in [1.807, 2.05) is 4.90 Å². The first-order valence-corrected chi connectivity index (χ1v) is 11.5. The summed E-state index contributed by atoms with van der Waals surface area (Å²) in [5.74, 6) is 0.0856. The molecule has 0 unspecified atom stereocenters. The van der Waals surface area contributed by atoms with Crippen molar-refractivity contribution in [3.05, 3.63) is 77.9 Å². The van der Waals surface area contributed by atoms with Crippen LogP contribution in [-0.2, 0) is 4.79 Å². The van der Waals surface area contributed by atoms with E-state index in [0.717, 1.165) is 55.2 Å². The molecule has 5 rings (SSSR count). The molecule has 0 saturated heterocycles. The van der Waals surface area contributed by atoms with Crippen LogP contribution in [0.3, 0.4) is 0 Å². The molecule has 0 atom stereocenters. The average molecular weight is 411 g/mol. The molecule has 3 nitrogen and oxygen atoms in total. The molecule has 0 radical (unpaired) electrons. The van der Waals surface area contributed by atoms with Crippen LogP contribution in [0, 0.1) is 0 Å². The van der Waals surface area contributed by atoms with Crippen molar-refractivity contribution in [2.45, 2.75) is 57.5 Å². The lowest BCUT2D eigenvalue weighted by Gasteiger charge is -2.39. The monoisotopic (exact) mass is 410 g/mol. The molecule has 2 aromatic rings. The van der Waals surface area contributed by atoms with Crippen molar-refractivity contribution >= 4 is 28.0 Å². The molecule has 158 valence electrons. The van der Waals surface area contributed by atoms with Gasteiger partial charge in [0.2, 0.25) is 0 Å². The maximum atomic E-state index is 13.7. The van der Waals surface area contributed by atoms with E-state index in [-0.39, 0.29) is 5.91 Å². The SMILES string of the molecule is C=C(CN1C(=O)C(C2=CC=C(C)CC2)=NC12CCCCC2)c1cccc2ccccc12. The van der Waals surface area contributed by atoms with Gasteiger partial charge < -0.3 is 4.90 Å². The Kier molecular flexibility index (Phi) is 5.13. The molecule has 1 spiro atoms. The summed E-state index contributed by atoms with van der Waals surface area (Å²) >= 11 is 0. The third-order valence-electron chi connectivity index (χ3n) is 7.11. The van der Waals surface area contributed by atoms with Gasteiger partial charge in [-0.3, -0.25) is 9.79 Å². The number of carbonyl (C=O) groups excluding carboxylic acids is 1. The highest BCUT2D eigenvalue weighted by molar-refractivity contribution is 6.47. The van der Waals surface area contributed by atoms with Gasteiger partial charge in [0.05, 0.1) is 0 Å². The van der Waals surface area contributed by atoms with Crippen molar-refractivity contribution in [1.29, 1.82) is 0 Å². The number of rotatable bonds is 4. The van der Waals surface area contributed by atoms with Crippen LogP contribution in [0.2, 0.25) is 0 Å². The van der Waals surface area contributed by atoms with Crippen LogP contribution >= 0.6 is 0 Å². The van der Waals surface area contributed by atoms with Gasteiger partial charge >= 0.3 is 0 Å². The van der Waals surface area contributed by atoms with Gasteiger partial charge in [0, 0.05) is 6.54 Å². The highest BCUT2D eigenvalue weighted by Crippen LogP contribution is 2.41. The number of carbonyl (C=O) groups is 1. The van der Waals surface area contributed by atoms with Gasteiger partial charge in [-0.05, 0) is 72.9 Å². The molecule has 2 aromatic carbocycles. The van der Waals surface area contributed by atoms with Crippen molar-refractivity contribution < 1.29 is 4.79 Å². The number of hydrogen-bond acceptors (Lipinski definition) is 2. The molecule has 0 bridgehead atoms. The van der Waals surface area contributed by atoms with Crippen LogP contribution in [0.4, 0.5) is 0 Å². The van der Waals surface area contributed by atoms with E-state index >= 15 is 0 Å². The Hall–Kier alpha value is -2.94. The highest BCUT2D eigenvalue weighted by atomic mass is 16.2. The van der Waals surface area contributed by atoms with Crippen LogP contribution in [0.1, 0.15) is 57.4 Å². The van der Waals surface area contributed by atoms with Gasteiger partial charge in [-0.15, -0.1) is 0 Å². The summed E-state index contributed by atoms with van der Waals surface area (Å²) < 4.78 is 0. The van der Waals surface area contributed by atoms with Crippen molar-refractivity contribution in [1.82, 2.24) is 4.90 Å². The summed E-state index contributed by atoms with van der Waals surface area (Å²) in [6.07, 6.45) is 11.5. The third kappa shape index (κ3) is 3.56. The van der Waals surface area contributed by atoms with Crippen LogP contribution in [0.25, 0.3) is 16.3 Å². The first-order chi connectivity index (χ1) is 15.1. The van der Waals surface area contributed by atoms with E-state index in [9.17, 15) is 4.79 Å². The molecule has 2 aliphatic carbocycles. The molecule has 1 fully saturated rings. The summed E-state index contributed by atoms with van der Waals surface area (Å²) in [7, 11) is 0. The Morgan fingerprint density at radius 1 is 1.03 bits per heavy atom. The molecule has 0 N–H and O–H groups in total. The molecule has 3 aliphatic rings. The molecule has 1 amide bonds. The molecular formula is C28H30N2O. The fraction of sp³-hybridized carbons (Fsp3) is 0.357. The topological polar surface area (TPSA) is 32.7 Å². The van der Waals surface area contributed by atoms with Gasteiger partial charge in [-0.25, -0.2) is 0 Å². The Morgan fingerprint density at radius 2 is 1.81 bits per heavy atom. The number of allylic oxidation sites excluding steroid dienone is 3. The third-order valence-corrected chi connectivity index (χ3v) is 7.11. The van der Waals surface area contributed by atoms with Crippen molar-refractivity contribution in [2.24, 2.45) is 4.99 Å². The summed E-state index contributed by atoms with van der Waals surface area (Å²) in [5, 5.41) is 2.39. The normalized spacial score (nSPS) is 20.6. The van der Waals surface area contributed by atoms with E-state index in [4.69, 9.17) is 4.99 Å². The highest BCUT2D eigenvalue weighted by Gasteiger charge is 2.48. The fourth-order valence-corrected chi connectivity index (χ4v) is 5.31. The molecule has 0 aromatic heterocycles. The van der Waals surface area contributed by atoms with E-state index in [1.165, 1.54) is 22.8 Å². The van der Waals surface area contributed by atoms with Gasteiger partial charge in [-0.2, -0.15) is 0 Å². The smallest absolute Gasteiger partial charge is 0.274 e. The number of nitrogens with zero attached hydrogens (tertiary/aromatic N) is 2. The van der Waals surface area contributed by atoms with Crippen molar-refractivity contribution in [2.75, 3.05) is 6.54 Å². The first kappa shape index (κ1) is 20.0. The molecule has 1 saturated carbocycles. The van der Waals surface area contributed by atoms with E-state index in [1.54, 1.807) is 0 Å². The molecule has 1 heterocycles. The minimum absolute atomic E-state index is 0.0856. The second kappa shape index (κ2) is 7.96. The zero-order valence-corrected chi connectivity index (χ0v) is 18.4. The van der Waals surface area contributed by atoms with E-state index < -0.39 is 5.66 Å². The Labute approximate surface area is 184 Å². The minimum atomic E-state index is -0.394. The van der Waals surface area contributed by atoms with E-state index in [0.29, 0.717) is 12.3 Å². The number of aliphatic imine (C=N–C) groups is 1. The predicted octanol–water partition coefficient (Wildman–Crippen LogP) is 6.46. The molecular weight excluding hydrogens is 380 g/mol. The van der Waals surface area contributed by atoms with Crippen LogP contribution < -0.4 is 0 Å². The predicted molar refractivity (Wildman–Crippen MR) is 129 cm³/mol. The lowest BCUT2D eigenvalue weighted by molar-refractivity contribution is -0.127. The van der Waals surface area contributed by atoms with Gasteiger partial charge in [-0.1, -0.05) is 73.2 Å². The summed E-state index contributed by atoms with van der Waals surface area (Å²) in [5.41, 5.74) is 4.87. The van der Waals surface area contributed by atoms with Crippen LogP contribution in [0.5, 0.6) is 0 Å². The Morgan fingerprint density at radius 3 is 2.58 bits per heavy atom. The summed E-state index contributed by atoms with van der Waals surface area (Å²) in [6, 6.07) is 14.7. The van der Waals surface area contributed by atoms with Crippen molar-refractivity contribution in [3.63, 3.8) is 0 Å². The first-order valence-electron chi connectivity index (χ1n) is 11.5. The molecule has 1 aliphatic heterocycles. The van der Waals surface area contributed by atoms with Crippen LogP contribution in [0.15, 0.2) is 77.3 Å². The standard InChI is InChI=1S/C28H30N2O/c1-20-13-15-23(16-14-20)26-27(31)30(28(29-26)17-6-3-7-18-28)19-21(2)24-12-8-10-22-9-4-5-11-25(22)24/h4-5,8-13,15H,2-3,6-7,14,16-19H2,1H3. The largest absolute Gasteiger partial charge is 0.308 e. The Bertz CT molecular complexity index is 1140. The second-order valence-corrected chi connectivity index (χ2v) is 9.23. The quantitative estimate of drug-likeness (QED) is 0.569. The zero-order chi connectivity index (χ0) is 21.4. The zero-order valence-electron chi connectivity index (χ0n) is 18.4. The number of benzene rings is 2. The minimum Gasteiger partial charge on any atom is -0.308 e. The summed E-state index contributed by atoms with van der Waals surface area (Å²) in [4.78, 5) is 20.9. The molecule has 31 heavy (non-hydrogen) atoms. The van der Waals surface area contributed by atoms with Gasteiger partial charge in [0.15, 0.2) is 0 Å². The Balaban J connectivity index is 1.49. The second-order valence-electron chi connectivity index (χ2n) is 9.23. The average Bonchev–Trinajstić information content (AvgIpc) is 3.05. The maximum Gasteiger partial charge on any atom is 0.274 e. The van der Waals surface area contributed by atoms with Crippen molar-refractivity contribution in [3.8, 4) is 0 Å². The number of amides is 1. The summed E-state index contributed by atoms with van der Waals surface area (Å²) in [6.45, 7) is 7.11. The lowest BCUT2D eigenvalue weighted by Crippen LogP contribution is -2.48. The molecule has 3 heteroatoms. The van der Waals surface area contributed by atoms with E-state index in [2.05, 4.69) is 68.1 Å². The van der Waals surface area contributed by atoms with Gasteiger partial charge in [0.25, 0.3) is 5.91 Å². The van der Waals surface area contributed by atoms with Gasteiger partial charge in [0.1, 0.15) is 11.4 Å². The van der Waals surface area contributed by atoms with Crippen LogP contribution in [-0.4, -0.2) is 28.7 Å². The maximum absolute atomic E-state index is 13.7.